The highest BCUT2D eigenvalue weighted by Crippen LogP contribution is 2.21. The number of furan rings is 1. The van der Waals surface area contributed by atoms with E-state index in [2.05, 4.69) is 37.8 Å². The number of hydrogen-bond acceptors (Lipinski definition) is 2. The number of nitrogens with zero attached hydrogens (tertiary/aromatic N) is 1. The summed E-state index contributed by atoms with van der Waals surface area (Å²) < 4.78 is 5.92. The summed E-state index contributed by atoms with van der Waals surface area (Å²) in [6, 6.07) is 16.4. The Morgan fingerprint density at radius 2 is 1.68 bits per heavy atom. The van der Waals surface area contributed by atoms with Gasteiger partial charge in [0, 0.05) is 11.6 Å². The molecular formula is C16H17NOSi. The smallest absolute Gasteiger partial charge is 0.152 e. The van der Waals surface area contributed by atoms with Crippen molar-refractivity contribution in [3.8, 4) is 11.3 Å². The van der Waals surface area contributed by atoms with E-state index in [4.69, 9.17) is 9.40 Å². The Morgan fingerprint density at radius 3 is 2.37 bits per heavy atom. The molecule has 2 aromatic heterocycles. The minimum atomic E-state index is -1.42. The Kier molecular flexibility index (Phi) is 2.79. The van der Waals surface area contributed by atoms with Crippen molar-refractivity contribution >= 4 is 24.6 Å². The van der Waals surface area contributed by atoms with E-state index in [0.717, 1.165) is 27.7 Å². The monoisotopic (exact) mass is 267 g/mol. The van der Waals surface area contributed by atoms with Crippen molar-refractivity contribution in [2.24, 2.45) is 0 Å². The largest absolute Gasteiger partial charge is 0.465 e. The van der Waals surface area contributed by atoms with Gasteiger partial charge in [0.1, 0.15) is 13.6 Å². The fraction of sp³-hybridized carbons (Fsp3) is 0.188. The second-order valence-corrected chi connectivity index (χ2v) is 10.8. The third kappa shape index (κ3) is 2.33. The first kappa shape index (κ1) is 12.2. The summed E-state index contributed by atoms with van der Waals surface area (Å²) in [4.78, 5) is 4.71. The van der Waals surface area contributed by atoms with Crippen molar-refractivity contribution in [2.75, 3.05) is 0 Å². The van der Waals surface area contributed by atoms with Crippen LogP contribution in [0.2, 0.25) is 19.6 Å². The maximum absolute atomic E-state index is 5.92. The van der Waals surface area contributed by atoms with Crippen molar-refractivity contribution in [2.45, 2.75) is 19.6 Å². The minimum absolute atomic E-state index is 0.886. The molecule has 0 aliphatic heterocycles. The molecule has 1 aromatic carbocycles. The second kappa shape index (κ2) is 4.35. The molecule has 3 heteroatoms. The fourth-order valence-electron chi connectivity index (χ4n) is 2.06. The van der Waals surface area contributed by atoms with Crippen LogP contribution in [0, 0.1) is 0 Å². The Balaban J connectivity index is 2.11. The lowest BCUT2D eigenvalue weighted by Gasteiger charge is -2.10. The van der Waals surface area contributed by atoms with Gasteiger partial charge in [-0.05, 0) is 12.1 Å². The SMILES string of the molecule is C[Si](C)(C)c1cc2nc(-c3ccccc3)ccc2o1. The Hall–Kier alpha value is -1.87. The molecule has 0 fully saturated rings. The van der Waals surface area contributed by atoms with Crippen molar-refractivity contribution in [1.29, 1.82) is 0 Å². The molecule has 0 spiro atoms. The molecule has 0 amide bonds. The number of hydrogen-bond donors (Lipinski definition) is 0. The molecule has 0 N–H and O–H groups in total. The Labute approximate surface area is 114 Å². The van der Waals surface area contributed by atoms with Gasteiger partial charge in [0.25, 0.3) is 0 Å². The van der Waals surface area contributed by atoms with Crippen LogP contribution >= 0.6 is 0 Å². The molecule has 0 unspecified atom stereocenters. The third-order valence-electron chi connectivity index (χ3n) is 3.18. The number of fused-ring (bicyclic) bond motifs is 1. The first-order chi connectivity index (χ1) is 9.04. The molecule has 19 heavy (non-hydrogen) atoms. The van der Waals surface area contributed by atoms with E-state index in [1.807, 2.05) is 30.3 Å². The molecule has 0 aliphatic carbocycles. The molecule has 3 rings (SSSR count). The van der Waals surface area contributed by atoms with Gasteiger partial charge >= 0.3 is 0 Å². The standard InChI is InChI=1S/C16H17NOSi/c1-19(2,3)16-11-14-15(18-16)10-9-13(17-14)12-7-5-4-6-8-12/h4-11H,1-3H3. The highest BCUT2D eigenvalue weighted by molar-refractivity contribution is 6.87. The molecule has 0 radical (unpaired) electrons. The van der Waals surface area contributed by atoms with Gasteiger partial charge in [-0.25, -0.2) is 4.98 Å². The maximum Gasteiger partial charge on any atom is 0.152 e. The number of pyridine rings is 1. The van der Waals surface area contributed by atoms with E-state index in [-0.39, 0.29) is 0 Å². The number of benzene rings is 1. The molecule has 0 saturated carbocycles. The topological polar surface area (TPSA) is 26.0 Å². The summed E-state index contributed by atoms with van der Waals surface area (Å²) in [5.74, 6) is 0. The van der Waals surface area contributed by atoms with Crippen LogP contribution in [0.15, 0.2) is 52.9 Å². The zero-order chi connectivity index (χ0) is 13.5. The van der Waals surface area contributed by atoms with Crippen LogP contribution in [0.4, 0.5) is 0 Å². The molecule has 2 heterocycles. The van der Waals surface area contributed by atoms with E-state index in [9.17, 15) is 0 Å². The average Bonchev–Trinajstić information content (AvgIpc) is 2.82. The van der Waals surface area contributed by atoms with Gasteiger partial charge in [-0.1, -0.05) is 50.0 Å². The van der Waals surface area contributed by atoms with Gasteiger partial charge < -0.3 is 4.42 Å². The molecule has 2 nitrogen and oxygen atoms in total. The van der Waals surface area contributed by atoms with E-state index in [1.54, 1.807) is 0 Å². The fourth-order valence-corrected chi connectivity index (χ4v) is 3.05. The van der Waals surface area contributed by atoms with Crippen LogP contribution in [0.25, 0.3) is 22.4 Å². The van der Waals surface area contributed by atoms with Crippen LogP contribution in [-0.4, -0.2) is 13.1 Å². The number of aromatic nitrogens is 1. The van der Waals surface area contributed by atoms with Crippen molar-refractivity contribution in [1.82, 2.24) is 4.98 Å². The minimum Gasteiger partial charge on any atom is -0.465 e. The zero-order valence-corrected chi connectivity index (χ0v) is 12.5. The van der Waals surface area contributed by atoms with Crippen LogP contribution in [0.5, 0.6) is 0 Å². The maximum atomic E-state index is 5.92. The first-order valence-electron chi connectivity index (χ1n) is 6.50. The molecule has 3 aromatic rings. The number of rotatable bonds is 2. The summed E-state index contributed by atoms with van der Waals surface area (Å²) in [5, 5.41) is 1.11. The quantitative estimate of drug-likeness (QED) is 0.655. The summed E-state index contributed by atoms with van der Waals surface area (Å²) in [7, 11) is -1.42. The van der Waals surface area contributed by atoms with Gasteiger partial charge in [0.05, 0.1) is 11.1 Å². The van der Waals surface area contributed by atoms with Crippen molar-refractivity contribution < 1.29 is 4.42 Å². The highest BCUT2D eigenvalue weighted by Gasteiger charge is 2.22. The lowest BCUT2D eigenvalue weighted by Crippen LogP contribution is -2.36. The predicted molar refractivity (Wildman–Crippen MR) is 82.4 cm³/mol. The third-order valence-corrected chi connectivity index (χ3v) is 4.91. The lowest BCUT2D eigenvalue weighted by molar-refractivity contribution is 0.648. The average molecular weight is 267 g/mol. The summed E-state index contributed by atoms with van der Waals surface area (Å²) in [5.41, 5.74) is 3.98. The lowest BCUT2D eigenvalue weighted by atomic mass is 10.1. The second-order valence-electron chi connectivity index (χ2n) is 5.81. The van der Waals surface area contributed by atoms with Crippen LogP contribution in [0.1, 0.15) is 0 Å². The van der Waals surface area contributed by atoms with Gasteiger partial charge in [-0.3, -0.25) is 0 Å². The van der Waals surface area contributed by atoms with Crippen molar-refractivity contribution in [3.05, 3.63) is 48.5 Å². The van der Waals surface area contributed by atoms with Crippen LogP contribution in [-0.2, 0) is 0 Å². The van der Waals surface area contributed by atoms with Crippen LogP contribution in [0.3, 0.4) is 0 Å². The normalized spacial score (nSPS) is 11.9. The molecular weight excluding hydrogens is 250 g/mol. The van der Waals surface area contributed by atoms with Gasteiger partial charge in [-0.15, -0.1) is 0 Å². The zero-order valence-electron chi connectivity index (χ0n) is 11.5. The van der Waals surface area contributed by atoms with E-state index >= 15 is 0 Å². The summed E-state index contributed by atoms with van der Waals surface area (Å²) in [6.07, 6.45) is 0. The molecule has 0 saturated heterocycles. The first-order valence-corrected chi connectivity index (χ1v) is 10.0. The van der Waals surface area contributed by atoms with Gasteiger partial charge in [-0.2, -0.15) is 0 Å². The van der Waals surface area contributed by atoms with Gasteiger partial charge in [0.15, 0.2) is 5.58 Å². The molecule has 0 atom stereocenters. The highest BCUT2D eigenvalue weighted by atomic mass is 28.3. The van der Waals surface area contributed by atoms with E-state index in [1.165, 1.54) is 0 Å². The van der Waals surface area contributed by atoms with Crippen LogP contribution < -0.4 is 5.38 Å². The predicted octanol–water partition coefficient (Wildman–Crippen LogP) is 4.04. The van der Waals surface area contributed by atoms with E-state index in [0.29, 0.717) is 0 Å². The van der Waals surface area contributed by atoms with E-state index < -0.39 is 8.07 Å². The van der Waals surface area contributed by atoms with Crippen molar-refractivity contribution in [3.63, 3.8) is 0 Å². The molecule has 0 aliphatic rings. The Morgan fingerprint density at radius 1 is 0.947 bits per heavy atom. The summed E-state index contributed by atoms with van der Waals surface area (Å²) in [6.45, 7) is 6.84. The Bertz CT molecular complexity index is 710. The molecule has 0 bridgehead atoms. The van der Waals surface area contributed by atoms with Gasteiger partial charge in [0.2, 0.25) is 0 Å². The molecule has 96 valence electrons. The summed E-state index contributed by atoms with van der Waals surface area (Å²) >= 11 is 0.